The normalized spacial score (nSPS) is 21.8. The van der Waals surface area contributed by atoms with Gasteiger partial charge in [-0.25, -0.2) is 4.79 Å². The van der Waals surface area contributed by atoms with Crippen molar-refractivity contribution in [3.63, 3.8) is 0 Å². The quantitative estimate of drug-likeness (QED) is 0.361. The van der Waals surface area contributed by atoms with E-state index in [0.29, 0.717) is 32.5 Å². The van der Waals surface area contributed by atoms with Crippen LogP contribution < -0.4 is 16.0 Å². The molecule has 2 fully saturated rings. The van der Waals surface area contributed by atoms with E-state index in [-0.39, 0.29) is 29.8 Å². The van der Waals surface area contributed by atoms with Gasteiger partial charge in [0.1, 0.15) is 0 Å². The van der Waals surface area contributed by atoms with E-state index < -0.39 is 5.92 Å². The summed E-state index contributed by atoms with van der Waals surface area (Å²) in [6.07, 6.45) is 7.47. The Morgan fingerprint density at radius 2 is 1.82 bits per heavy atom. The number of rotatable bonds is 5. The predicted octanol–water partition coefficient (Wildman–Crippen LogP) is 5.06. The lowest BCUT2D eigenvalue weighted by atomic mass is 10.0. The number of carbonyl (C=O) groups is 3. The summed E-state index contributed by atoms with van der Waals surface area (Å²) in [6, 6.07) is 13.5. The van der Waals surface area contributed by atoms with Crippen LogP contribution in [0.5, 0.6) is 0 Å². The smallest absolute Gasteiger partial charge is 0.322 e. The molecule has 1 aliphatic carbocycles. The SMILES string of the molecule is Cc1ccc(NC(=O)N2CCCCCCNC(=O)[C@@H]3C[C@@H](C(=O)NCCc4c[nH]c5ccccc45)C[C@@H]32)cc1C. The number of aromatic amines is 1. The summed E-state index contributed by atoms with van der Waals surface area (Å²) in [5.74, 6) is -0.816. The minimum Gasteiger partial charge on any atom is -0.361 e. The van der Waals surface area contributed by atoms with E-state index in [2.05, 4.69) is 27.0 Å². The zero-order valence-corrected chi connectivity index (χ0v) is 23.6. The third-order valence-corrected chi connectivity index (χ3v) is 8.65. The average molecular weight is 544 g/mol. The molecule has 0 spiro atoms. The van der Waals surface area contributed by atoms with E-state index in [0.717, 1.165) is 48.9 Å². The fraction of sp³-hybridized carbons (Fsp3) is 0.469. The molecule has 0 unspecified atom stereocenters. The number of H-pyrrole nitrogens is 1. The molecule has 0 bridgehead atoms. The number of fused-ring (bicyclic) bond motifs is 2. The van der Waals surface area contributed by atoms with E-state index in [1.54, 1.807) is 0 Å². The van der Waals surface area contributed by atoms with Gasteiger partial charge in [-0.15, -0.1) is 0 Å². The van der Waals surface area contributed by atoms with Crippen molar-refractivity contribution < 1.29 is 14.4 Å². The van der Waals surface area contributed by atoms with Crippen LogP contribution in [-0.2, 0) is 16.0 Å². The van der Waals surface area contributed by atoms with Gasteiger partial charge in [-0.3, -0.25) is 9.59 Å². The Labute approximate surface area is 236 Å². The summed E-state index contributed by atoms with van der Waals surface area (Å²) in [5.41, 5.74) is 5.27. The predicted molar refractivity (Wildman–Crippen MR) is 158 cm³/mol. The van der Waals surface area contributed by atoms with Gasteiger partial charge in [0, 0.05) is 54.4 Å². The Morgan fingerprint density at radius 1 is 1.00 bits per heavy atom. The van der Waals surface area contributed by atoms with Crippen LogP contribution in [0.15, 0.2) is 48.7 Å². The van der Waals surface area contributed by atoms with Crippen molar-refractivity contribution in [2.45, 2.75) is 64.8 Å². The van der Waals surface area contributed by atoms with E-state index in [1.807, 2.05) is 61.3 Å². The van der Waals surface area contributed by atoms with Gasteiger partial charge in [0.2, 0.25) is 11.8 Å². The number of para-hydroxylation sites is 1. The number of hydrogen-bond acceptors (Lipinski definition) is 3. The van der Waals surface area contributed by atoms with Crippen molar-refractivity contribution in [2.24, 2.45) is 11.8 Å². The fourth-order valence-corrected chi connectivity index (χ4v) is 6.19. The maximum Gasteiger partial charge on any atom is 0.322 e. The van der Waals surface area contributed by atoms with Crippen molar-refractivity contribution in [3.05, 3.63) is 65.4 Å². The Kier molecular flexibility index (Phi) is 8.72. The number of amides is 4. The van der Waals surface area contributed by atoms with E-state index in [4.69, 9.17) is 0 Å². The number of aryl methyl sites for hydroxylation is 2. The third kappa shape index (κ3) is 6.32. The van der Waals surface area contributed by atoms with Gasteiger partial charge < -0.3 is 25.8 Å². The van der Waals surface area contributed by atoms with E-state index >= 15 is 0 Å². The molecule has 3 atom stereocenters. The molecule has 0 radical (unpaired) electrons. The molecule has 1 aromatic heterocycles. The number of benzene rings is 2. The Bertz CT molecular complexity index is 1370. The second kappa shape index (κ2) is 12.6. The van der Waals surface area contributed by atoms with Gasteiger partial charge in [0.25, 0.3) is 0 Å². The first-order valence-corrected chi connectivity index (χ1v) is 14.7. The second-order valence-corrected chi connectivity index (χ2v) is 11.4. The monoisotopic (exact) mass is 543 g/mol. The minimum atomic E-state index is -0.409. The van der Waals surface area contributed by atoms with Crippen LogP contribution >= 0.6 is 0 Å². The van der Waals surface area contributed by atoms with Gasteiger partial charge in [0.15, 0.2) is 0 Å². The molecule has 2 heterocycles. The third-order valence-electron chi connectivity index (χ3n) is 8.65. The molecule has 2 aliphatic rings. The second-order valence-electron chi connectivity index (χ2n) is 11.4. The van der Waals surface area contributed by atoms with Crippen molar-refractivity contribution in [3.8, 4) is 0 Å². The summed E-state index contributed by atoms with van der Waals surface area (Å²) in [4.78, 5) is 45.3. The number of nitrogens with zero attached hydrogens (tertiary/aromatic N) is 1. The lowest BCUT2D eigenvalue weighted by molar-refractivity contribution is -0.126. The maximum atomic E-state index is 13.6. The topological polar surface area (TPSA) is 106 Å². The van der Waals surface area contributed by atoms with Gasteiger partial charge in [-0.1, -0.05) is 37.1 Å². The van der Waals surface area contributed by atoms with Crippen LogP contribution in [0, 0.1) is 25.7 Å². The highest BCUT2D eigenvalue weighted by atomic mass is 16.2. The van der Waals surface area contributed by atoms with Gasteiger partial charge >= 0.3 is 6.03 Å². The average Bonchev–Trinajstić information content (AvgIpc) is 3.56. The van der Waals surface area contributed by atoms with Gasteiger partial charge in [0.05, 0.1) is 5.92 Å². The first-order chi connectivity index (χ1) is 19.4. The Balaban J connectivity index is 1.28. The standard InChI is InChI=1S/C32H41N5O3/c1-21-11-12-25(17-22(21)2)36-32(40)37-16-8-4-3-7-14-33-31(39)27-18-24(19-29(27)37)30(38)34-15-13-23-20-35-28-10-6-5-9-26(23)28/h5-6,9-12,17,20,24,27,29,35H,3-4,7-8,13-16,18-19H2,1-2H3,(H,33,39)(H,34,38)(H,36,40)/t24-,27-,29+/m1/s1. The molecule has 4 N–H and O–H groups in total. The van der Waals surface area contributed by atoms with Crippen LogP contribution in [0.4, 0.5) is 10.5 Å². The number of hydrogen-bond donors (Lipinski definition) is 4. The summed E-state index contributed by atoms with van der Waals surface area (Å²) in [6.45, 7) is 5.80. The van der Waals surface area contributed by atoms with Crippen molar-refractivity contribution in [1.29, 1.82) is 0 Å². The highest BCUT2D eigenvalue weighted by molar-refractivity contribution is 5.91. The van der Waals surface area contributed by atoms with Crippen LogP contribution in [0.25, 0.3) is 10.9 Å². The van der Waals surface area contributed by atoms with Crippen molar-refractivity contribution >= 4 is 34.4 Å². The molecule has 1 aliphatic heterocycles. The summed E-state index contributed by atoms with van der Waals surface area (Å²) < 4.78 is 0. The zero-order valence-electron chi connectivity index (χ0n) is 23.6. The molecule has 4 amide bonds. The fourth-order valence-electron chi connectivity index (χ4n) is 6.19. The Hall–Kier alpha value is -3.81. The number of urea groups is 1. The van der Waals surface area contributed by atoms with Gasteiger partial charge in [-0.2, -0.15) is 0 Å². The molecule has 5 rings (SSSR count). The number of nitrogens with one attached hydrogen (secondary N) is 4. The molecule has 2 aromatic carbocycles. The van der Waals surface area contributed by atoms with E-state index in [9.17, 15) is 14.4 Å². The lowest BCUT2D eigenvalue weighted by Gasteiger charge is -2.32. The maximum absolute atomic E-state index is 13.6. The van der Waals surface area contributed by atoms with Crippen LogP contribution in [-0.4, -0.2) is 53.4 Å². The summed E-state index contributed by atoms with van der Waals surface area (Å²) in [7, 11) is 0. The Morgan fingerprint density at radius 3 is 2.67 bits per heavy atom. The summed E-state index contributed by atoms with van der Waals surface area (Å²) in [5, 5.41) is 10.4. The molecule has 40 heavy (non-hydrogen) atoms. The molecular weight excluding hydrogens is 502 g/mol. The first kappa shape index (κ1) is 27.7. The lowest BCUT2D eigenvalue weighted by Crippen LogP contribution is -2.49. The number of aromatic nitrogens is 1. The molecule has 8 nitrogen and oxygen atoms in total. The largest absolute Gasteiger partial charge is 0.361 e. The van der Waals surface area contributed by atoms with Crippen molar-refractivity contribution in [1.82, 2.24) is 20.5 Å². The minimum absolute atomic E-state index is 0.0400. The first-order valence-electron chi connectivity index (χ1n) is 14.7. The molecular formula is C32H41N5O3. The highest BCUT2D eigenvalue weighted by Gasteiger charge is 2.45. The van der Waals surface area contributed by atoms with Crippen molar-refractivity contribution in [2.75, 3.05) is 25.0 Å². The van der Waals surface area contributed by atoms with Crippen LogP contribution in [0.1, 0.15) is 55.2 Å². The molecule has 8 heteroatoms. The molecule has 3 aromatic rings. The highest BCUT2D eigenvalue weighted by Crippen LogP contribution is 2.36. The molecule has 1 saturated carbocycles. The van der Waals surface area contributed by atoms with E-state index in [1.165, 1.54) is 16.5 Å². The molecule has 212 valence electrons. The van der Waals surface area contributed by atoms with Crippen LogP contribution in [0.3, 0.4) is 0 Å². The van der Waals surface area contributed by atoms with Gasteiger partial charge in [-0.05, 0) is 80.8 Å². The number of anilines is 1. The number of carbonyl (C=O) groups excluding carboxylic acids is 3. The zero-order chi connectivity index (χ0) is 28.1. The van der Waals surface area contributed by atoms with Crippen LogP contribution in [0.2, 0.25) is 0 Å². The molecule has 1 saturated heterocycles. The summed E-state index contributed by atoms with van der Waals surface area (Å²) >= 11 is 0.